The van der Waals surface area contributed by atoms with Crippen molar-refractivity contribution in [3.05, 3.63) is 0 Å². The van der Waals surface area contributed by atoms with Crippen LogP contribution in [0.15, 0.2) is 0 Å². The predicted molar refractivity (Wildman–Crippen MR) is 79.4 cm³/mol. The molecule has 2 unspecified atom stereocenters. The second kappa shape index (κ2) is 6.35. The second-order valence-electron chi connectivity index (χ2n) is 5.97. The summed E-state index contributed by atoms with van der Waals surface area (Å²) in [6.45, 7) is 2.58. The lowest BCUT2D eigenvalue weighted by Crippen LogP contribution is -2.49. The van der Waals surface area contributed by atoms with Crippen molar-refractivity contribution in [1.29, 1.82) is 0 Å². The van der Waals surface area contributed by atoms with E-state index in [-0.39, 0.29) is 16.7 Å². The van der Waals surface area contributed by atoms with Gasteiger partial charge in [0.15, 0.2) is 0 Å². The fraction of sp³-hybridized carbons (Fsp3) is 0.857. The van der Waals surface area contributed by atoms with Gasteiger partial charge in [-0.2, -0.15) is 0 Å². The predicted octanol–water partition coefficient (Wildman–Crippen LogP) is 1.66. The maximum absolute atomic E-state index is 12.6. The number of thioether (sulfide) groups is 1. The van der Waals surface area contributed by atoms with Gasteiger partial charge in [-0.15, -0.1) is 11.8 Å². The summed E-state index contributed by atoms with van der Waals surface area (Å²) in [4.78, 5) is 25.6. The maximum Gasteiger partial charge on any atom is 0.327 e. The molecule has 1 amide bonds. The molecule has 0 bridgehead atoms. The van der Waals surface area contributed by atoms with Crippen molar-refractivity contribution in [3.8, 4) is 0 Å². The summed E-state index contributed by atoms with van der Waals surface area (Å²) in [7, 11) is 0. The van der Waals surface area contributed by atoms with E-state index in [2.05, 4.69) is 6.92 Å². The van der Waals surface area contributed by atoms with Crippen molar-refractivity contribution >= 4 is 23.6 Å². The Kier molecular flexibility index (Phi) is 4.96. The Morgan fingerprint density at radius 2 is 2.15 bits per heavy atom. The number of amides is 1. The van der Waals surface area contributed by atoms with Crippen LogP contribution in [0.25, 0.3) is 0 Å². The van der Waals surface area contributed by atoms with Gasteiger partial charge in [-0.05, 0) is 31.2 Å². The van der Waals surface area contributed by atoms with E-state index in [0.717, 1.165) is 32.1 Å². The fourth-order valence-electron chi connectivity index (χ4n) is 3.10. The quantitative estimate of drug-likeness (QED) is 0.779. The van der Waals surface area contributed by atoms with Crippen molar-refractivity contribution in [2.45, 2.75) is 56.9 Å². The summed E-state index contributed by atoms with van der Waals surface area (Å²) in [6, 6.07) is -0.668. The topological polar surface area (TPSA) is 83.6 Å². The zero-order valence-corrected chi connectivity index (χ0v) is 12.8. The fourth-order valence-corrected chi connectivity index (χ4v) is 4.63. The van der Waals surface area contributed by atoms with Gasteiger partial charge in [-0.1, -0.05) is 19.8 Å². The van der Waals surface area contributed by atoms with Crippen LogP contribution in [-0.4, -0.2) is 45.6 Å². The van der Waals surface area contributed by atoms with E-state index in [0.29, 0.717) is 18.7 Å². The Labute approximate surface area is 124 Å². The van der Waals surface area contributed by atoms with Gasteiger partial charge in [0.1, 0.15) is 6.04 Å². The first-order valence-electron chi connectivity index (χ1n) is 7.38. The molecule has 2 rings (SSSR count). The number of carbonyl (C=O) groups is 2. The minimum absolute atomic E-state index is 0.0171. The molecule has 2 aliphatic rings. The molecule has 0 aromatic heterocycles. The van der Waals surface area contributed by atoms with E-state index in [9.17, 15) is 14.7 Å². The monoisotopic (exact) mass is 300 g/mol. The smallest absolute Gasteiger partial charge is 0.327 e. The number of hydrogen-bond donors (Lipinski definition) is 2. The molecule has 114 valence electrons. The first-order valence-corrected chi connectivity index (χ1v) is 8.43. The summed E-state index contributed by atoms with van der Waals surface area (Å²) >= 11 is 1.59. The summed E-state index contributed by atoms with van der Waals surface area (Å²) in [5.74, 6) is -0.410. The van der Waals surface area contributed by atoms with Gasteiger partial charge in [0.25, 0.3) is 0 Å². The molecule has 0 radical (unpaired) electrons. The third kappa shape index (κ3) is 2.96. The highest BCUT2D eigenvalue weighted by Gasteiger charge is 2.45. The molecular formula is C14H24N2O3S. The van der Waals surface area contributed by atoms with Crippen LogP contribution in [0, 0.1) is 5.41 Å². The van der Waals surface area contributed by atoms with Crippen molar-refractivity contribution in [3.63, 3.8) is 0 Å². The van der Waals surface area contributed by atoms with E-state index in [1.807, 2.05) is 0 Å². The Morgan fingerprint density at radius 3 is 2.60 bits per heavy atom. The highest BCUT2D eigenvalue weighted by atomic mass is 32.2. The van der Waals surface area contributed by atoms with Gasteiger partial charge in [-0.3, -0.25) is 4.79 Å². The molecule has 1 saturated heterocycles. The van der Waals surface area contributed by atoms with E-state index < -0.39 is 12.0 Å². The molecular weight excluding hydrogens is 276 g/mol. The van der Waals surface area contributed by atoms with Gasteiger partial charge in [0, 0.05) is 12.2 Å². The Morgan fingerprint density at radius 1 is 1.45 bits per heavy atom. The van der Waals surface area contributed by atoms with Crippen molar-refractivity contribution in [2.75, 3.05) is 12.3 Å². The Hall–Kier alpha value is -0.750. The summed E-state index contributed by atoms with van der Waals surface area (Å²) in [5, 5.41) is 9.33. The number of hydrogen-bond acceptors (Lipinski definition) is 4. The number of nitrogens with zero attached hydrogens (tertiary/aromatic N) is 1. The molecule has 0 aromatic carbocycles. The lowest BCUT2D eigenvalue weighted by Gasteiger charge is -2.42. The lowest BCUT2D eigenvalue weighted by molar-refractivity contribution is -0.150. The molecule has 5 nitrogen and oxygen atoms in total. The SMILES string of the molecule is CCCC1SCC(C(=O)O)N1C(=O)CC1(CN)CCC1. The van der Waals surface area contributed by atoms with Gasteiger partial charge in [0.05, 0.1) is 5.37 Å². The molecule has 6 heteroatoms. The minimum atomic E-state index is -0.889. The molecule has 2 fully saturated rings. The van der Waals surface area contributed by atoms with Gasteiger partial charge >= 0.3 is 5.97 Å². The molecule has 1 heterocycles. The number of aliphatic carboxylic acids is 1. The number of nitrogens with two attached hydrogens (primary N) is 1. The molecule has 1 aliphatic heterocycles. The third-order valence-corrected chi connectivity index (χ3v) is 5.93. The van der Waals surface area contributed by atoms with Crippen molar-refractivity contribution < 1.29 is 14.7 Å². The standard InChI is InChI=1S/C14H24N2O3S/c1-2-4-12-16(10(8-20-12)13(18)19)11(17)7-14(9-15)5-3-6-14/h10,12H,2-9,15H2,1H3,(H,18,19). The number of carboxylic acid groups (broad SMARTS) is 1. The van der Waals surface area contributed by atoms with Crippen LogP contribution in [0.4, 0.5) is 0 Å². The first-order chi connectivity index (χ1) is 9.53. The van der Waals surface area contributed by atoms with E-state index >= 15 is 0 Å². The average Bonchev–Trinajstić information content (AvgIpc) is 2.78. The molecule has 2 atom stereocenters. The number of carboxylic acids is 1. The van der Waals surface area contributed by atoms with Crippen LogP contribution >= 0.6 is 11.8 Å². The van der Waals surface area contributed by atoms with Crippen LogP contribution in [0.5, 0.6) is 0 Å². The van der Waals surface area contributed by atoms with Crippen LogP contribution in [-0.2, 0) is 9.59 Å². The van der Waals surface area contributed by atoms with Crippen LogP contribution in [0.2, 0.25) is 0 Å². The van der Waals surface area contributed by atoms with Crippen LogP contribution < -0.4 is 5.73 Å². The molecule has 0 aromatic rings. The number of rotatable bonds is 6. The molecule has 20 heavy (non-hydrogen) atoms. The van der Waals surface area contributed by atoms with Crippen molar-refractivity contribution in [2.24, 2.45) is 11.1 Å². The average molecular weight is 300 g/mol. The van der Waals surface area contributed by atoms with E-state index in [4.69, 9.17) is 5.73 Å². The largest absolute Gasteiger partial charge is 0.480 e. The first kappa shape index (κ1) is 15.6. The third-order valence-electron chi connectivity index (χ3n) is 4.57. The van der Waals surface area contributed by atoms with Crippen molar-refractivity contribution in [1.82, 2.24) is 4.90 Å². The van der Waals surface area contributed by atoms with Gasteiger partial charge in [-0.25, -0.2) is 4.79 Å². The lowest BCUT2D eigenvalue weighted by atomic mass is 9.66. The molecule has 3 N–H and O–H groups in total. The molecule has 1 saturated carbocycles. The zero-order chi connectivity index (χ0) is 14.8. The molecule has 0 spiro atoms. The normalized spacial score (nSPS) is 28.2. The summed E-state index contributed by atoms with van der Waals surface area (Å²) < 4.78 is 0. The van der Waals surface area contributed by atoms with E-state index in [1.54, 1.807) is 16.7 Å². The van der Waals surface area contributed by atoms with Crippen LogP contribution in [0.1, 0.15) is 45.4 Å². The maximum atomic E-state index is 12.6. The number of carbonyl (C=O) groups excluding carboxylic acids is 1. The minimum Gasteiger partial charge on any atom is -0.480 e. The van der Waals surface area contributed by atoms with Gasteiger partial charge in [0.2, 0.25) is 5.91 Å². The highest BCUT2D eigenvalue weighted by Crippen LogP contribution is 2.44. The second-order valence-corrected chi connectivity index (χ2v) is 7.18. The van der Waals surface area contributed by atoms with Gasteiger partial charge < -0.3 is 15.7 Å². The van der Waals surface area contributed by atoms with E-state index in [1.165, 1.54) is 0 Å². The highest BCUT2D eigenvalue weighted by molar-refractivity contribution is 8.00. The summed E-state index contributed by atoms with van der Waals surface area (Å²) in [5.41, 5.74) is 5.75. The Balaban J connectivity index is 2.08. The zero-order valence-electron chi connectivity index (χ0n) is 12.0. The summed E-state index contributed by atoms with van der Waals surface area (Å²) in [6.07, 6.45) is 5.33. The van der Waals surface area contributed by atoms with Crippen LogP contribution in [0.3, 0.4) is 0 Å². The Bertz CT molecular complexity index is 379. The molecule has 1 aliphatic carbocycles.